The van der Waals surface area contributed by atoms with E-state index in [1.165, 1.54) is 6.92 Å². The van der Waals surface area contributed by atoms with Gasteiger partial charge in [0.15, 0.2) is 5.60 Å². The number of rotatable bonds is 1. The van der Waals surface area contributed by atoms with E-state index in [9.17, 15) is 18.0 Å². The van der Waals surface area contributed by atoms with Crippen LogP contribution in [0.15, 0.2) is 0 Å². The van der Waals surface area contributed by atoms with Gasteiger partial charge >= 0.3 is 11.5 Å². The molecule has 1 fully saturated rings. The van der Waals surface area contributed by atoms with Crippen molar-refractivity contribution < 1.29 is 22.7 Å². The number of amides is 1. The van der Waals surface area contributed by atoms with Gasteiger partial charge in [0.25, 0.3) is 0 Å². The van der Waals surface area contributed by atoms with Gasteiger partial charge in [-0.05, 0) is 18.0 Å². The molecule has 88 valence electrons. The number of ether oxygens (including phenoxy) is 1. The molecule has 15 heavy (non-hydrogen) atoms. The Kier molecular flexibility index (Phi) is 3.50. The van der Waals surface area contributed by atoms with Crippen LogP contribution in [-0.2, 0) is 4.74 Å². The van der Waals surface area contributed by atoms with Crippen molar-refractivity contribution in [2.45, 2.75) is 25.1 Å². The molecule has 1 unspecified atom stereocenters. The Labute approximate surface area is 90.1 Å². The lowest BCUT2D eigenvalue weighted by molar-refractivity contribution is -0.292. The lowest BCUT2D eigenvalue weighted by atomic mass is 9.97. The fraction of sp³-hybridized carbons (Fsp3) is 0.875. The van der Waals surface area contributed by atoms with Crippen molar-refractivity contribution in [3.8, 4) is 0 Å². The van der Waals surface area contributed by atoms with E-state index in [1.54, 1.807) is 0 Å². The highest BCUT2D eigenvalue weighted by atomic mass is 35.5. The molecule has 1 amide bonds. The monoisotopic (exact) mass is 245 g/mol. The van der Waals surface area contributed by atoms with Crippen LogP contribution in [-0.4, -0.2) is 41.7 Å². The summed E-state index contributed by atoms with van der Waals surface area (Å²) >= 11 is 5.16. The normalized spacial score (nSPS) is 27.9. The minimum atomic E-state index is -4.49. The van der Waals surface area contributed by atoms with Gasteiger partial charge in [-0.1, -0.05) is 6.92 Å². The van der Waals surface area contributed by atoms with E-state index < -0.39 is 23.7 Å². The minimum Gasteiger partial charge on any atom is -0.362 e. The van der Waals surface area contributed by atoms with Crippen LogP contribution in [0.3, 0.4) is 0 Å². The summed E-state index contributed by atoms with van der Waals surface area (Å²) in [5.41, 5.74) is -2.27. The van der Waals surface area contributed by atoms with Crippen LogP contribution in [0.2, 0.25) is 0 Å². The maximum atomic E-state index is 12.7. The molecular weight excluding hydrogens is 235 g/mol. The first-order chi connectivity index (χ1) is 6.82. The second-order valence-corrected chi connectivity index (χ2v) is 3.69. The van der Waals surface area contributed by atoms with Gasteiger partial charge in [0, 0.05) is 6.54 Å². The molecule has 0 spiro atoms. The molecule has 0 N–H and O–H groups in total. The molecule has 0 aliphatic carbocycles. The van der Waals surface area contributed by atoms with Crippen LogP contribution < -0.4 is 0 Å². The number of hydrogen-bond donors (Lipinski definition) is 0. The number of hydrogen-bond acceptors (Lipinski definition) is 2. The highest BCUT2D eigenvalue weighted by Crippen LogP contribution is 2.38. The highest BCUT2D eigenvalue weighted by molar-refractivity contribution is 6.62. The number of morpholine rings is 1. The van der Waals surface area contributed by atoms with Crippen LogP contribution in [0.4, 0.5) is 18.0 Å². The van der Waals surface area contributed by atoms with Gasteiger partial charge in [0.05, 0.1) is 13.2 Å². The number of halogens is 4. The smallest absolute Gasteiger partial charge is 0.362 e. The Morgan fingerprint density at radius 1 is 1.60 bits per heavy atom. The van der Waals surface area contributed by atoms with Crippen LogP contribution in [0.25, 0.3) is 0 Å². The fourth-order valence-corrected chi connectivity index (χ4v) is 1.66. The van der Waals surface area contributed by atoms with Gasteiger partial charge in [-0.25, -0.2) is 0 Å². The Bertz CT molecular complexity index is 259. The van der Waals surface area contributed by atoms with Crippen molar-refractivity contribution in [1.29, 1.82) is 0 Å². The fourth-order valence-electron chi connectivity index (χ4n) is 1.52. The van der Waals surface area contributed by atoms with Gasteiger partial charge in [-0.15, -0.1) is 0 Å². The minimum absolute atomic E-state index is 0.0974. The summed E-state index contributed by atoms with van der Waals surface area (Å²) in [4.78, 5) is 11.7. The Morgan fingerprint density at radius 2 is 2.20 bits per heavy atom. The lowest BCUT2D eigenvalue weighted by Gasteiger charge is -2.42. The number of carbonyl (C=O) groups excluding carboxylic acids is 1. The zero-order chi connectivity index (χ0) is 11.7. The molecular formula is C8H11ClF3NO2. The van der Waals surface area contributed by atoms with Gasteiger partial charge in [0.1, 0.15) is 0 Å². The maximum absolute atomic E-state index is 12.7. The zero-order valence-electron chi connectivity index (χ0n) is 8.10. The average Bonchev–Trinajstić information content (AvgIpc) is 2.16. The van der Waals surface area contributed by atoms with E-state index in [0.29, 0.717) is 0 Å². The molecule has 1 aliphatic rings. The maximum Gasteiger partial charge on any atom is 0.419 e. The number of nitrogens with zero attached hydrogens (tertiary/aromatic N) is 1. The third-order valence-electron chi connectivity index (χ3n) is 2.52. The largest absolute Gasteiger partial charge is 0.419 e. The van der Waals surface area contributed by atoms with E-state index in [2.05, 4.69) is 0 Å². The third-order valence-corrected chi connectivity index (χ3v) is 2.76. The zero-order valence-corrected chi connectivity index (χ0v) is 8.86. The topological polar surface area (TPSA) is 29.5 Å². The summed E-state index contributed by atoms with van der Waals surface area (Å²) in [5, 5.41) is -0.875. The van der Waals surface area contributed by atoms with E-state index in [1.807, 2.05) is 0 Å². The van der Waals surface area contributed by atoms with E-state index >= 15 is 0 Å². The molecule has 1 rings (SSSR count). The van der Waals surface area contributed by atoms with Crippen LogP contribution >= 0.6 is 11.6 Å². The molecule has 1 heterocycles. The second-order valence-electron chi connectivity index (χ2n) is 3.37. The Balaban J connectivity index is 2.87. The van der Waals surface area contributed by atoms with Crippen molar-refractivity contribution in [2.24, 2.45) is 0 Å². The molecule has 0 radical (unpaired) electrons. The molecule has 0 aromatic heterocycles. The summed E-state index contributed by atoms with van der Waals surface area (Å²) < 4.78 is 43.0. The Hall–Kier alpha value is -0.490. The van der Waals surface area contributed by atoms with Crippen LogP contribution in [0, 0.1) is 0 Å². The summed E-state index contributed by atoms with van der Waals surface area (Å²) in [7, 11) is 0. The summed E-state index contributed by atoms with van der Waals surface area (Å²) in [6.45, 7) is 0.789. The quantitative estimate of drug-likeness (QED) is 0.524. The standard InChI is InChI=1S/C8H11ClF3NO2/c1-2-7(8(10,11)12)5-13(6(9)14)3-4-15-7/h2-5H2,1H3. The van der Waals surface area contributed by atoms with Gasteiger partial charge in [-0.2, -0.15) is 13.2 Å². The summed E-state index contributed by atoms with van der Waals surface area (Å²) in [5.74, 6) is 0. The molecule has 7 heteroatoms. The van der Waals surface area contributed by atoms with Gasteiger partial charge in [0.2, 0.25) is 0 Å². The highest BCUT2D eigenvalue weighted by Gasteiger charge is 2.57. The molecule has 0 aromatic rings. The first-order valence-corrected chi connectivity index (χ1v) is 4.85. The first kappa shape index (κ1) is 12.6. The van der Waals surface area contributed by atoms with E-state index in [0.717, 1.165) is 4.90 Å². The predicted octanol–water partition coefficient (Wildman–Crippen LogP) is 2.39. The van der Waals surface area contributed by atoms with Gasteiger partial charge in [-0.3, -0.25) is 4.79 Å². The molecule has 1 aliphatic heterocycles. The lowest BCUT2D eigenvalue weighted by Crippen LogP contribution is -2.60. The van der Waals surface area contributed by atoms with Crippen LogP contribution in [0.5, 0.6) is 0 Å². The second kappa shape index (κ2) is 4.17. The van der Waals surface area contributed by atoms with Crippen molar-refractivity contribution in [1.82, 2.24) is 4.90 Å². The van der Waals surface area contributed by atoms with Crippen LogP contribution in [0.1, 0.15) is 13.3 Å². The van der Waals surface area contributed by atoms with E-state index in [4.69, 9.17) is 16.3 Å². The number of alkyl halides is 3. The van der Waals surface area contributed by atoms with Crippen molar-refractivity contribution in [2.75, 3.05) is 19.7 Å². The predicted molar refractivity (Wildman–Crippen MR) is 47.9 cm³/mol. The molecule has 0 aromatic carbocycles. The van der Waals surface area contributed by atoms with Crippen molar-refractivity contribution in [3.63, 3.8) is 0 Å². The number of carbonyl (C=O) groups is 1. The molecule has 0 bridgehead atoms. The van der Waals surface area contributed by atoms with E-state index in [-0.39, 0.29) is 19.6 Å². The summed E-state index contributed by atoms with van der Waals surface area (Å²) in [6, 6.07) is 0. The SMILES string of the molecule is CCC1(C(F)(F)F)CN(C(=O)Cl)CCO1. The molecule has 1 atom stereocenters. The average molecular weight is 246 g/mol. The van der Waals surface area contributed by atoms with Crippen molar-refractivity contribution >= 4 is 17.0 Å². The molecule has 1 saturated heterocycles. The molecule has 0 saturated carbocycles. The Morgan fingerprint density at radius 3 is 2.60 bits per heavy atom. The van der Waals surface area contributed by atoms with Crippen molar-refractivity contribution in [3.05, 3.63) is 0 Å². The first-order valence-electron chi connectivity index (χ1n) is 4.47. The molecule has 3 nitrogen and oxygen atoms in total. The summed E-state index contributed by atoms with van der Waals surface area (Å²) in [6.07, 6.45) is -4.73. The van der Waals surface area contributed by atoms with Gasteiger partial charge < -0.3 is 9.64 Å². The third kappa shape index (κ3) is 2.36.